The zero-order chi connectivity index (χ0) is 14.1. The van der Waals surface area contributed by atoms with Gasteiger partial charge in [0, 0.05) is 19.8 Å². The van der Waals surface area contributed by atoms with E-state index in [2.05, 4.69) is 6.92 Å². The van der Waals surface area contributed by atoms with Crippen LogP contribution in [0.4, 0.5) is 0 Å². The molecule has 0 aliphatic rings. The third-order valence-corrected chi connectivity index (χ3v) is 5.32. The van der Waals surface area contributed by atoms with E-state index in [-0.39, 0.29) is 5.60 Å². The quantitative estimate of drug-likeness (QED) is 0.560. The van der Waals surface area contributed by atoms with Crippen molar-refractivity contribution < 1.29 is 13.3 Å². The van der Waals surface area contributed by atoms with Gasteiger partial charge in [0.1, 0.15) is 0 Å². The molecule has 0 rings (SSSR count). The van der Waals surface area contributed by atoms with E-state index in [1.54, 1.807) is 0 Å². The van der Waals surface area contributed by atoms with Gasteiger partial charge < -0.3 is 24.7 Å². The van der Waals surface area contributed by atoms with Gasteiger partial charge in [-0.25, -0.2) is 0 Å². The first kappa shape index (κ1) is 18.0. The Labute approximate surface area is 113 Å². The normalized spacial score (nSPS) is 15.7. The SMILES string of the molecule is CCO[Si](C)(OCC)OC(C)(CCN)CCCN. The molecular formula is C12H30N2O3Si. The number of rotatable bonds is 11. The maximum Gasteiger partial charge on any atom is 0.498 e. The smallest absolute Gasteiger partial charge is 0.374 e. The second-order valence-electron chi connectivity index (χ2n) is 4.71. The van der Waals surface area contributed by atoms with E-state index in [0.29, 0.717) is 26.3 Å². The summed E-state index contributed by atoms with van der Waals surface area (Å²) in [6.45, 7) is 10.4. The molecule has 5 nitrogen and oxygen atoms in total. The molecule has 0 aromatic carbocycles. The van der Waals surface area contributed by atoms with Gasteiger partial charge in [0.25, 0.3) is 0 Å². The molecule has 0 saturated carbocycles. The van der Waals surface area contributed by atoms with Gasteiger partial charge in [0.05, 0.1) is 5.60 Å². The minimum Gasteiger partial charge on any atom is -0.374 e. The summed E-state index contributed by atoms with van der Waals surface area (Å²) in [7, 11) is -2.57. The molecule has 0 bridgehead atoms. The lowest BCUT2D eigenvalue weighted by Gasteiger charge is -2.37. The summed E-state index contributed by atoms with van der Waals surface area (Å²) in [6, 6.07) is 0. The molecule has 1 unspecified atom stereocenters. The molecule has 0 aliphatic heterocycles. The van der Waals surface area contributed by atoms with E-state index in [0.717, 1.165) is 19.3 Å². The average molecular weight is 278 g/mol. The van der Waals surface area contributed by atoms with Gasteiger partial charge in [0.15, 0.2) is 0 Å². The molecule has 0 heterocycles. The van der Waals surface area contributed by atoms with Crippen molar-refractivity contribution in [1.82, 2.24) is 0 Å². The molecule has 0 spiro atoms. The maximum absolute atomic E-state index is 6.21. The van der Waals surface area contributed by atoms with E-state index in [1.165, 1.54) is 0 Å². The van der Waals surface area contributed by atoms with Crippen LogP contribution in [0, 0.1) is 0 Å². The summed E-state index contributed by atoms with van der Waals surface area (Å²) in [6.07, 6.45) is 2.58. The van der Waals surface area contributed by atoms with E-state index in [9.17, 15) is 0 Å². The third-order valence-electron chi connectivity index (χ3n) is 2.83. The van der Waals surface area contributed by atoms with Crippen molar-refractivity contribution in [3.8, 4) is 0 Å². The zero-order valence-electron chi connectivity index (χ0n) is 12.3. The Balaban J connectivity index is 4.67. The molecule has 0 aromatic heterocycles. The highest BCUT2D eigenvalue weighted by atomic mass is 28.4. The summed E-state index contributed by atoms with van der Waals surface area (Å²) in [5.74, 6) is 0. The molecule has 0 saturated heterocycles. The maximum atomic E-state index is 6.21. The van der Waals surface area contributed by atoms with Crippen LogP contribution in [-0.2, 0) is 13.3 Å². The average Bonchev–Trinajstić information content (AvgIpc) is 2.27. The van der Waals surface area contributed by atoms with Crippen LogP contribution in [-0.4, -0.2) is 40.7 Å². The summed E-state index contributed by atoms with van der Waals surface area (Å²) in [5, 5.41) is 0. The van der Waals surface area contributed by atoms with Crippen LogP contribution in [0.2, 0.25) is 6.55 Å². The highest BCUT2D eigenvalue weighted by molar-refractivity contribution is 6.59. The van der Waals surface area contributed by atoms with Crippen molar-refractivity contribution in [1.29, 1.82) is 0 Å². The van der Waals surface area contributed by atoms with Gasteiger partial charge in [-0.15, -0.1) is 0 Å². The van der Waals surface area contributed by atoms with Crippen LogP contribution in [0.5, 0.6) is 0 Å². The van der Waals surface area contributed by atoms with Crippen molar-refractivity contribution in [2.45, 2.75) is 52.2 Å². The predicted octanol–water partition coefficient (Wildman–Crippen LogP) is 1.49. The molecule has 0 amide bonds. The summed E-state index contributed by atoms with van der Waals surface area (Å²) >= 11 is 0. The van der Waals surface area contributed by atoms with Crippen LogP contribution in [0.1, 0.15) is 40.0 Å². The fraction of sp³-hybridized carbons (Fsp3) is 1.00. The fourth-order valence-electron chi connectivity index (χ4n) is 2.08. The van der Waals surface area contributed by atoms with Crippen LogP contribution >= 0.6 is 0 Å². The van der Waals surface area contributed by atoms with Crippen molar-refractivity contribution in [2.75, 3.05) is 26.3 Å². The topological polar surface area (TPSA) is 79.7 Å². The van der Waals surface area contributed by atoms with Gasteiger partial charge in [0.2, 0.25) is 0 Å². The highest BCUT2D eigenvalue weighted by Gasteiger charge is 2.41. The number of hydrogen-bond acceptors (Lipinski definition) is 5. The third kappa shape index (κ3) is 6.82. The summed E-state index contributed by atoms with van der Waals surface area (Å²) in [5.41, 5.74) is 10.9. The number of hydrogen-bond donors (Lipinski definition) is 2. The fourth-order valence-corrected chi connectivity index (χ4v) is 4.43. The second-order valence-corrected chi connectivity index (χ2v) is 7.22. The Kier molecular flexibility index (Phi) is 9.01. The van der Waals surface area contributed by atoms with Gasteiger partial charge in [-0.1, -0.05) is 0 Å². The molecule has 4 N–H and O–H groups in total. The molecular weight excluding hydrogens is 248 g/mol. The van der Waals surface area contributed by atoms with E-state index in [1.807, 2.05) is 20.4 Å². The lowest BCUT2D eigenvalue weighted by atomic mass is 9.96. The summed E-state index contributed by atoms with van der Waals surface area (Å²) in [4.78, 5) is 0. The van der Waals surface area contributed by atoms with Crippen molar-refractivity contribution in [3.63, 3.8) is 0 Å². The summed E-state index contributed by atoms with van der Waals surface area (Å²) < 4.78 is 17.6. The second kappa shape index (κ2) is 9.01. The first-order chi connectivity index (χ1) is 8.45. The van der Waals surface area contributed by atoms with Crippen molar-refractivity contribution in [3.05, 3.63) is 0 Å². The predicted molar refractivity (Wildman–Crippen MR) is 76.3 cm³/mol. The molecule has 0 fully saturated rings. The first-order valence-electron chi connectivity index (χ1n) is 6.83. The standard InChI is InChI=1S/C12H30N2O3Si/c1-5-15-18(4,16-6-2)17-12(3,9-11-14)8-7-10-13/h5-11,13-14H2,1-4H3. The molecule has 6 heteroatoms. The largest absolute Gasteiger partial charge is 0.498 e. The Bertz CT molecular complexity index is 213. The number of nitrogens with two attached hydrogens (primary N) is 2. The molecule has 0 radical (unpaired) electrons. The molecule has 0 aliphatic carbocycles. The van der Waals surface area contributed by atoms with Crippen molar-refractivity contribution in [2.24, 2.45) is 11.5 Å². The van der Waals surface area contributed by atoms with Crippen LogP contribution in [0.3, 0.4) is 0 Å². The lowest BCUT2D eigenvalue weighted by molar-refractivity contribution is -0.0244. The molecule has 18 heavy (non-hydrogen) atoms. The van der Waals surface area contributed by atoms with Gasteiger partial charge in [-0.05, 0) is 53.1 Å². The molecule has 1 atom stereocenters. The Hall–Kier alpha value is 0.0169. The van der Waals surface area contributed by atoms with Crippen LogP contribution < -0.4 is 11.5 Å². The van der Waals surface area contributed by atoms with Crippen LogP contribution in [0.25, 0.3) is 0 Å². The molecule has 0 aromatic rings. The van der Waals surface area contributed by atoms with Gasteiger partial charge >= 0.3 is 8.80 Å². The Morgan fingerprint density at radius 2 is 1.56 bits per heavy atom. The first-order valence-corrected chi connectivity index (χ1v) is 9.06. The van der Waals surface area contributed by atoms with E-state index < -0.39 is 8.80 Å². The van der Waals surface area contributed by atoms with E-state index >= 15 is 0 Å². The molecule has 110 valence electrons. The minimum atomic E-state index is -2.57. The monoisotopic (exact) mass is 278 g/mol. The van der Waals surface area contributed by atoms with Crippen molar-refractivity contribution >= 4 is 8.80 Å². The van der Waals surface area contributed by atoms with E-state index in [4.69, 9.17) is 24.7 Å². The van der Waals surface area contributed by atoms with Gasteiger partial charge in [-0.3, -0.25) is 0 Å². The lowest BCUT2D eigenvalue weighted by Crippen LogP contribution is -2.50. The van der Waals surface area contributed by atoms with Gasteiger partial charge in [-0.2, -0.15) is 0 Å². The minimum absolute atomic E-state index is 0.306. The highest BCUT2D eigenvalue weighted by Crippen LogP contribution is 2.27. The zero-order valence-corrected chi connectivity index (χ0v) is 13.3. The Morgan fingerprint density at radius 1 is 1.00 bits per heavy atom. The van der Waals surface area contributed by atoms with Crippen LogP contribution in [0.15, 0.2) is 0 Å². The Morgan fingerprint density at radius 3 is 1.94 bits per heavy atom.